The van der Waals surface area contributed by atoms with Crippen LogP contribution in [0.1, 0.15) is 23.0 Å². The van der Waals surface area contributed by atoms with Crippen LogP contribution in [-0.4, -0.2) is 40.6 Å². The highest BCUT2D eigenvalue weighted by Gasteiger charge is 2.12. The summed E-state index contributed by atoms with van der Waals surface area (Å²) in [6.07, 6.45) is 1.39. The second-order valence-electron chi connectivity index (χ2n) is 3.62. The molecule has 9 nitrogen and oxygen atoms in total. The number of hydrogen-bond donors (Lipinski definition) is 4. The van der Waals surface area contributed by atoms with Crippen molar-refractivity contribution < 1.29 is 14.8 Å². The number of nitrogens with two attached hydrogens (primary N) is 1. The van der Waals surface area contributed by atoms with Crippen LogP contribution in [-0.2, 0) is 0 Å². The number of aromatic nitrogens is 1. The molecule has 1 heterocycles. The zero-order chi connectivity index (χ0) is 15.1. The fourth-order valence-corrected chi connectivity index (χ4v) is 1.45. The second-order valence-corrected chi connectivity index (χ2v) is 3.62. The number of nitrogens with zero attached hydrogens (tertiary/aromatic N) is 3. The Kier molecular flexibility index (Phi) is 5.30. The van der Waals surface area contributed by atoms with Crippen molar-refractivity contribution >= 4 is 23.4 Å². The molecular weight excluding hydrogens is 264 g/mol. The van der Waals surface area contributed by atoms with Crippen molar-refractivity contribution in [2.75, 3.05) is 7.05 Å². The molecule has 0 saturated carbocycles. The number of nitrogens with one attached hydrogen (secondary N) is 2. The van der Waals surface area contributed by atoms with Crippen molar-refractivity contribution in [3.05, 3.63) is 29.6 Å². The molecule has 0 aliphatic heterocycles. The molecule has 106 valence electrons. The van der Waals surface area contributed by atoms with E-state index in [0.717, 1.165) is 0 Å². The second kappa shape index (κ2) is 6.95. The molecule has 1 rings (SSSR count). The van der Waals surface area contributed by atoms with E-state index in [1.807, 2.05) is 0 Å². The van der Waals surface area contributed by atoms with Gasteiger partial charge in [0.05, 0.1) is 11.4 Å². The number of carbonyl (C=O) groups is 2. The summed E-state index contributed by atoms with van der Waals surface area (Å²) in [6, 6.07) is 2.24. The van der Waals surface area contributed by atoms with Gasteiger partial charge in [-0.05, 0) is 19.1 Å². The summed E-state index contributed by atoms with van der Waals surface area (Å²) in [5.41, 5.74) is 9.89. The lowest BCUT2D eigenvalue weighted by molar-refractivity contribution is 0.0700. The van der Waals surface area contributed by atoms with E-state index >= 15 is 0 Å². The van der Waals surface area contributed by atoms with E-state index in [1.54, 1.807) is 13.0 Å². The Balaban J connectivity index is 3.11. The molecular formula is C11H14N6O3. The molecule has 0 radical (unpaired) electrons. The lowest BCUT2D eigenvalue weighted by Gasteiger charge is -2.07. The van der Waals surface area contributed by atoms with Gasteiger partial charge < -0.3 is 5.73 Å². The first kappa shape index (κ1) is 15.2. The Bertz CT molecular complexity index is 581. The highest BCUT2D eigenvalue weighted by molar-refractivity contribution is 6.47. The van der Waals surface area contributed by atoms with Crippen LogP contribution in [0.25, 0.3) is 0 Å². The molecule has 0 aliphatic carbocycles. The van der Waals surface area contributed by atoms with Gasteiger partial charge in [0, 0.05) is 18.8 Å². The third-order valence-electron chi connectivity index (χ3n) is 2.27. The lowest BCUT2D eigenvalue weighted by atomic mass is 10.1. The predicted octanol–water partition coefficient (Wildman–Crippen LogP) is -0.336. The number of urea groups is 1. The topological polar surface area (TPSA) is 142 Å². The molecule has 1 aromatic heterocycles. The number of rotatable bonds is 4. The highest BCUT2D eigenvalue weighted by Crippen LogP contribution is 2.05. The quantitative estimate of drug-likeness (QED) is 0.339. The average molecular weight is 278 g/mol. The van der Waals surface area contributed by atoms with Gasteiger partial charge in [0.2, 0.25) is 0 Å². The van der Waals surface area contributed by atoms with Gasteiger partial charge in [-0.1, -0.05) is 0 Å². The first-order valence-corrected chi connectivity index (χ1v) is 5.47. The monoisotopic (exact) mass is 278 g/mol. The summed E-state index contributed by atoms with van der Waals surface area (Å²) in [4.78, 5) is 29.7. The number of primary amides is 1. The van der Waals surface area contributed by atoms with Crippen molar-refractivity contribution in [2.45, 2.75) is 6.92 Å². The van der Waals surface area contributed by atoms with Crippen molar-refractivity contribution in [2.24, 2.45) is 15.8 Å². The number of hydrazone groups is 1. The van der Waals surface area contributed by atoms with E-state index in [0.29, 0.717) is 17.0 Å². The average Bonchev–Trinajstić information content (AvgIpc) is 2.45. The van der Waals surface area contributed by atoms with E-state index in [1.165, 1.54) is 24.8 Å². The molecule has 9 heteroatoms. The van der Waals surface area contributed by atoms with Gasteiger partial charge in [0.1, 0.15) is 5.69 Å². The van der Waals surface area contributed by atoms with Gasteiger partial charge in [0.25, 0.3) is 5.91 Å². The zero-order valence-corrected chi connectivity index (χ0v) is 10.9. The molecule has 0 atom stereocenters. The fraction of sp³-hybridized carbons (Fsp3) is 0.182. The molecule has 0 saturated heterocycles. The Morgan fingerprint density at radius 3 is 2.70 bits per heavy atom. The minimum atomic E-state index is -0.796. The SMILES string of the molecule is CN=C(/C(C)=N/NC(N)=O)c1ccnc(C(=O)NO)c1. The maximum Gasteiger partial charge on any atom is 0.332 e. The Morgan fingerprint density at radius 2 is 2.15 bits per heavy atom. The molecule has 0 fully saturated rings. The molecule has 5 N–H and O–H groups in total. The van der Waals surface area contributed by atoms with Crippen LogP contribution >= 0.6 is 0 Å². The molecule has 1 aromatic rings. The zero-order valence-electron chi connectivity index (χ0n) is 10.9. The molecule has 0 bridgehead atoms. The van der Waals surface area contributed by atoms with E-state index in [4.69, 9.17) is 10.9 Å². The maximum absolute atomic E-state index is 11.3. The Morgan fingerprint density at radius 1 is 1.45 bits per heavy atom. The van der Waals surface area contributed by atoms with Gasteiger partial charge >= 0.3 is 6.03 Å². The summed E-state index contributed by atoms with van der Waals surface area (Å²) < 4.78 is 0. The maximum atomic E-state index is 11.3. The van der Waals surface area contributed by atoms with Crippen molar-refractivity contribution in [1.82, 2.24) is 15.9 Å². The minimum absolute atomic E-state index is 0.0156. The first-order chi connectivity index (χ1) is 9.49. The highest BCUT2D eigenvalue weighted by atomic mass is 16.5. The number of hydrogen-bond acceptors (Lipinski definition) is 6. The number of amides is 3. The van der Waals surface area contributed by atoms with Gasteiger partial charge in [-0.2, -0.15) is 5.10 Å². The normalized spacial score (nSPS) is 11.9. The van der Waals surface area contributed by atoms with Gasteiger partial charge in [-0.15, -0.1) is 0 Å². The van der Waals surface area contributed by atoms with E-state index in [-0.39, 0.29) is 5.69 Å². The van der Waals surface area contributed by atoms with Gasteiger partial charge in [0.15, 0.2) is 0 Å². The van der Waals surface area contributed by atoms with E-state index < -0.39 is 11.9 Å². The van der Waals surface area contributed by atoms with Crippen LogP contribution in [0.2, 0.25) is 0 Å². The van der Waals surface area contributed by atoms with Crippen LogP contribution in [0.3, 0.4) is 0 Å². The summed E-state index contributed by atoms with van der Waals surface area (Å²) in [5.74, 6) is -0.743. The van der Waals surface area contributed by atoms with Crippen molar-refractivity contribution in [3.8, 4) is 0 Å². The van der Waals surface area contributed by atoms with Crippen LogP contribution in [0.15, 0.2) is 28.4 Å². The van der Waals surface area contributed by atoms with E-state index in [9.17, 15) is 9.59 Å². The predicted molar refractivity (Wildman–Crippen MR) is 71.8 cm³/mol. The third kappa shape index (κ3) is 3.85. The first-order valence-electron chi connectivity index (χ1n) is 5.47. The van der Waals surface area contributed by atoms with E-state index in [2.05, 4.69) is 20.5 Å². The standard InChI is InChI=1S/C11H14N6O3/c1-6(15-16-11(12)19)9(13-2)7-3-4-14-8(5-7)10(18)17-20/h3-5,20H,1-2H3,(H,17,18)(H3,12,16,19)/b13-9?,15-6+. The molecule has 0 aliphatic rings. The number of pyridine rings is 1. The fourth-order valence-electron chi connectivity index (χ4n) is 1.45. The largest absolute Gasteiger partial charge is 0.350 e. The summed E-state index contributed by atoms with van der Waals surface area (Å²) >= 11 is 0. The number of hydroxylamine groups is 1. The minimum Gasteiger partial charge on any atom is -0.350 e. The Labute approximate surface area is 114 Å². The van der Waals surface area contributed by atoms with Crippen LogP contribution < -0.4 is 16.6 Å². The molecule has 20 heavy (non-hydrogen) atoms. The van der Waals surface area contributed by atoms with Crippen molar-refractivity contribution in [1.29, 1.82) is 0 Å². The van der Waals surface area contributed by atoms with Gasteiger partial charge in [-0.3, -0.25) is 20.0 Å². The van der Waals surface area contributed by atoms with Gasteiger partial charge in [-0.25, -0.2) is 15.7 Å². The summed E-state index contributed by atoms with van der Waals surface area (Å²) in [6.45, 7) is 1.62. The van der Waals surface area contributed by atoms with Crippen molar-refractivity contribution in [3.63, 3.8) is 0 Å². The smallest absolute Gasteiger partial charge is 0.332 e. The molecule has 0 unspecified atom stereocenters. The third-order valence-corrected chi connectivity index (χ3v) is 2.27. The molecule has 3 amide bonds. The molecule has 0 spiro atoms. The molecule has 0 aromatic carbocycles. The number of aliphatic imine (C=N–C) groups is 1. The van der Waals surface area contributed by atoms with Crippen LogP contribution in [0.5, 0.6) is 0 Å². The lowest BCUT2D eigenvalue weighted by Crippen LogP contribution is -2.27. The van der Waals surface area contributed by atoms with Crippen LogP contribution in [0, 0.1) is 0 Å². The van der Waals surface area contributed by atoms with Crippen LogP contribution in [0.4, 0.5) is 4.79 Å². The summed E-state index contributed by atoms with van der Waals surface area (Å²) in [5, 5.41) is 12.3. The Hall–Kier alpha value is -2.81. The summed E-state index contributed by atoms with van der Waals surface area (Å²) in [7, 11) is 1.53. The number of carbonyl (C=O) groups excluding carboxylic acids is 2.